The third-order valence-corrected chi connectivity index (χ3v) is 4.04. The van der Waals surface area contributed by atoms with Crippen LogP contribution in [0.25, 0.3) is 11.1 Å². The average molecular weight is 277 g/mol. The van der Waals surface area contributed by atoms with Gasteiger partial charge in [-0.3, -0.25) is 4.68 Å². The standard InChI is InChI=1S/C14H19N3OS/c1-5-9-6-13(19-4)10(7-12(9)18-3)11-8-16-17(2)14(11)15/h6-8H,5,15H2,1-4H3. The lowest BCUT2D eigenvalue weighted by Gasteiger charge is -2.13. The Morgan fingerprint density at radius 3 is 2.58 bits per heavy atom. The molecular formula is C14H19N3OS. The minimum Gasteiger partial charge on any atom is -0.496 e. The first-order valence-corrected chi connectivity index (χ1v) is 7.37. The van der Waals surface area contributed by atoms with E-state index in [-0.39, 0.29) is 0 Å². The molecule has 1 heterocycles. The highest BCUT2D eigenvalue weighted by molar-refractivity contribution is 7.98. The van der Waals surface area contributed by atoms with E-state index in [4.69, 9.17) is 10.5 Å². The van der Waals surface area contributed by atoms with Crippen LogP contribution in [-0.2, 0) is 13.5 Å². The van der Waals surface area contributed by atoms with Gasteiger partial charge in [0.25, 0.3) is 0 Å². The number of thioether (sulfide) groups is 1. The van der Waals surface area contributed by atoms with E-state index in [1.54, 1.807) is 29.8 Å². The van der Waals surface area contributed by atoms with Gasteiger partial charge in [0.2, 0.25) is 0 Å². The van der Waals surface area contributed by atoms with Crippen molar-refractivity contribution in [2.45, 2.75) is 18.2 Å². The Bertz CT molecular complexity index is 593. The van der Waals surface area contributed by atoms with E-state index in [1.807, 2.05) is 7.05 Å². The van der Waals surface area contributed by atoms with E-state index in [9.17, 15) is 0 Å². The lowest BCUT2D eigenvalue weighted by atomic mass is 10.0. The second kappa shape index (κ2) is 5.57. The zero-order valence-electron chi connectivity index (χ0n) is 11.7. The summed E-state index contributed by atoms with van der Waals surface area (Å²) in [6.45, 7) is 2.13. The summed E-state index contributed by atoms with van der Waals surface area (Å²) in [6.07, 6.45) is 4.81. The van der Waals surface area contributed by atoms with Gasteiger partial charge in [-0.1, -0.05) is 6.92 Å². The lowest BCUT2D eigenvalue weighted by Crippen LogP contribution is -1.99. The highest BCUT2D eigenvalue weighted by Gasteiger charge is 2.15. The van der Waals surface area contributed by atoms with Crippen LogP contribution in [0.15, 0.2) is 23.2 Å². The number of nitrogen functional groups attached to an aromatic ring is 1. The summed E-state index contributed by atoms with van der Waals surface area (Å²) < 4.78 is 7.15. The number of anilines is 1. The van der Waals surface area contributed by atoms with Gasteiger partial charge in [-0.05, 0) is 30.4 Å². The molecule has 5 heteroatoms. The van der Waals surface area contributed by atoms with Crippen LogP contribution in [0.4, 0.5) is 5.82 Å². The fourth-order valence-electron chi connectivity index (χ4n) is 2.10. The smallest absolute Gasteiger partial charge is 0.129 e. The van der Waals surface area contributed by atoms with Crippen molar-refractivity contribution in [3.8, 4) is 16.9 Å². The number of aryl methyl sites for hydroxylation is 2. The number of hydrogen-bond acceptors (Lipinski definition) is 4. The number of rotatable bonds is 4. The molecule has 102 valence electrons. The first-order valence-electron chi connectivity index (χ1n) is 6.15. The predicted molar refractivity (Wildman–Crippen MR) is 80.8 cm³/mol. The topological polar surface area (TPSA) is 53.1 Å². The summed E-state index contributed by atoms with van der Waals surface area (Å²) in [5, 5.41) is 4.21. The molecule has 0 radical (unpaired) electrons. The minimum atomic E-state index is 0.668. The van der Waals surface area contributed by atoms with Gasteiger partial charge in [-0.25, -0.2) is 0 Å². The second-order valence-corrected chi connectivity index (χ2v) is 5.13. The molecule has 0 aliphatic heterocycles. The summed E-state index contributed by atoms with van der Waals surface area (Å²) in [5.41, 5.74) is 9.30. The maximum Gasteiger partial charge on any atom is 0.129 e. The van der Waals surface area contributed by atoms with Crippen molar-refractivity contribution in [1.82, 2.24) is 9.78 Å². The van der Waals surface area contributed by atoms with Crippen molar-refractivity contribution in [2.24, 2.45) is 7.05 Å². The van der Waals surface area contributed by atoms with Crippen LogP contribution in [0.1, 0.15) is 12.5 Å². The molecule has 1 aromatic carbocycles. The number of ether oxygens (including phenoxy) is 1. The number of benzene rings is 1. The third kappa shape index (κ3) is 2.42. The third-order valence-electron chi connectivity index (χ3n) is 3.26. The minimum absolute atomic E-state index is 0.668. The summed E-state index contributed by atoms with van der Waals surface area (Å²) in [5.74, 6) is 1.57. The van der Waals surface area contributed by atoms with Crippen LogP contribution in [0.5, 0.6) is 5.75 Å². The van der Waals surface area contributed by atoms with Gasteiger partial charge in [-0.2, -0.15) is 5.10 Å². The molecule has 1 aromatic heterocycles. The molecule has 0 spiro atoms. The molecule has 0 fully saturated rings. The summed E-state index contributed by atoms with van der Waals surface area (Å²) in [6, 6.07) is 4.23. The van der Waals surface area contributed by atoms with Gasteiger partial charge in [0.05, 0.1) is 13.3 Å². The number of methoxy groups -OCH3 is 1. The van der Waals surface area contributed by atoms with Crippen LogP contribution >= 0.6 is 11.8 Å². The molecule has 0 bridgehead atoms. The number of aromatic nitrogens is 2. The number of hydrogen-bond donors (Lipinski definition) is 1. The van der Waals surface area contributed by atoms with Crippen molar-refractivity contribution in [1.29, 1.82) is 0 Å². The molecule has 2 N–H and O–H groups in total. The Hall–Kier alpha value is -1.62. The molecule has 2 rings (SSSR count). The predicted octanol–water partition coefficient (Wildman–Crippen LogP) is 2.96. The first kappa shape index (κ1) is 13.8. The summed E-state index contributed by atoms with van der Waals surface area (Å²) in [7, 11) is 3.54. The monoisotopic (exact) mass is 277 g/mol. The molecule has 2 aromatic rings. The molecule has 4 nitrogen and oxygen atoms in total. The SMILES string of the molecule is CCc1cc(SC)c(-c2cnn(C)c2N)cc1OC. The molecule has 0 amide bonds. The maximum atomic E-state index is 6.07. The van der Waals surface area contributed by atoms with E-state index in [0.29, 0.717) is 5.82 Å². The number of nitrogens with two attached hydrogens (primary N) is 1. The molecular weight excluding hydrogens is 258 g/mol. The normalized spacial score (nSPS) is 10.7. The van der Waals surface area contributed by atoms with Crippen LogP contribution < -0.4 is 10.5 Å². The van der Waals surface area contributed by atoms with E-state index < -0.39 is 0 Å². The highest BCUT2D eigenvalue weighted by atomic mass is 32.2. The molecule has 0 aliphatic rings. The van der Waals surface area contributed by atoms with E-state index in [0.717, 1.165) is 23.3 Å². The Balaban J connectivity index is 2.65. The molecule has 0 aliphatic carbocycles. The Labute approximate surface area is 117 Å². The zero-order valence-corrected chi connectivity index (χ0v) is 12.5. The molecule has 0 saturated carbocycles. The fraction of sp³-hybridized carbons (Fsp3) is 0.357. The van der Waals surface area contributed by atoms with Crippen LogP contribution in [-0.4, -0.2) is 23.1 Å². The maximum absolute atomic E-state index is 6.07. The Morgan fingerprint density at radius 1 is 1.37 bits per heavy atom. The quantitative estimate of drug-likeness (QED) is 0.873. The summed E-state index contributed by atoms with van der Waals surface area (Å²) in [4.78, 5) is 1.19. The van der Waals surface area contributed by atoms with Crippen molar-refractivity contribution < 1.29 is 4.74 Å². The van der Waals surface area contributed by atoms with Crippen molar-refractivity contribution in [3.05, 3.63) is 23.9 Å². The molecule has 19 heavy (non-hydrogen) atoms. The number of nitrogens with zero attached hydrogens (tertiary/aromatic N) is 2. The van der Waals surface area contributed by atoms with E-state index in [1.165, 1.54) is 10.5 Å². The highest BCUT2D eigenvalue weighted by Crippen LogP contribution is 2.38. The van der Waals surface area contributed by atoms with E-state index in [2.05, 4.69) is 30.4 Å². The van der Waals surface area contributed by atoms with Crippen molar-refractivity contribution >= 4 is 17.6 Å². The van der Waals surface area contributed by atoms with Crippen LogP contribution in [0.2, 0.25) is 0 Å². The summed E-state index contributed by atoms with van der Waals surface area (Å²) >= 11 is 1.71. The van der Waals surface area contributed by atoms with Gasteiger partial charge < -0.3 is 10.5 Å². The van der Waals surface area contributed by atoms with Gasteiger partial charge in [-0.15, -0.1) is 11.8 Å². The Morgan fingerprint density at radius 2 is 2.11 bits per heavy atom. The average Bonchev–Trinajstić information content (AvgIpc) is 2.77. The van der Waals surface area contributed by atoms with Gasteiger partial charge in [0.1, 0.15) is 11.6 Å². The Kier molecular flexibility index (Phi) is 4.04. The van der Waals surface area contributed by atoms with Crippen LogP contribution in [0.3, 0.4) is 0 Å². The second-order valence-electron chi connectivity index (χ2n) is 4.28. The van der Waals surface area contributed by atoms with Crippen molar-refractivity contribution in [3.63, 3.8) is 0 Å². The van der Waals surface area contributed by atoms with Gasteiger partial charge in [0.15, 0.2) is 0 Å². The van der Waals surface area contributed by atoms with Crippen molar-refractivity contribution in [2.75, 3.05) is 19.1 Å². The molecule has 0 unspecified atom stereocenters. The lowest BCUT2D eigenvalue weighted by molar-refractivity contribution is 0.410. The first-order chi connectivity index (χ1) is 9.12. The van der Waals surface area contributed by atoms with Gasteiger partial charge in [0, 0.05) is 23.1 Å². The molecule has 0 atom stereocenters. The largest absolute Gasteiger partial charge is 0.496 e. The van der Waals surface area contributed by atoms with Crippen LogP contribution in [0, 0.1) is 0 Å². The molecule has 0 saturated heterocycles. The fourth-order valence-corrected chi connectivity index (χ4v) is 2.75. The van der Waals surface area contributed by atoms with E-state index >= 15 is 0 Å². The zero-order chi connectivity index (χ0) is 14.0. The van der Waals surface area contributed by atoms with Gasteiger partial charge >= 0.3 is 0 Å².